The minimum absolute atomic E-state index is 0.530. The number of likely N-dealkylation sites (tertiary alicyclic amines) is 1. The minimum Gasteiger partial charge on any atom is -0.308 e. The molecule has 0 aromatic carbocycles. The molecule has 0 radical (unpaired) electrons. The molecule has 1 N–H and O–H groups in total. The maximum absolute atomic E-state index is 4.82. The first kappa shape index (κ1) is 15.4. The van der Waals surface area contributed by atoms with Gasteiger partial charge in [-0.1, -0.05) is 26.7 Å². The fourth-order valence-electron chi connectivity index (χ4n) is 3.93. The molecule has 1 saturated carbocycles. The van der Waals surface area contributed by atoms with Crippen molar-refractivity contribution in [3.05, 3.63) is 16.1 Å². The number of hydrogen-bond acceptors (Lipinski definition) is 4. The van der Waals surface area contributed by atoms with Gasteiger partial charge >= 0.3 is 0 Å². The molecule has 0 amide bonds. The third-order valence-electron chi connectivity index (χ3n) is 4.98. The summed E-state index contributed by atoms with van der Waals surface area (Å²) in [5, 5.41) is 6.95. The lowest BCUT2D eigenvalue weighted by Crippen LogP contribution is -2.34. The Balaban J connectivity index is 1.55. The zero-order valence-corrected chi connectivity index (χ0v) is 14.3. The Bertz CT molecular complexity index is 437. The van der Waals surface area contributed by atoms with Crippen LogP contribution in [0.1, 0.15) is 63.1 Å². The van der Waals surface area contributed by atoms with E-state index < -0.39 is 0 Å². The number of nitrogens with zero attached hydrogens (tertiary/aromatic N) is 2. The summed E-state index contributed by atoms with van der Waals surface area (Å²) in [6, 6.07) is 1.37. The third kappa shape index (κ3) is 4.05. The first-order valence-corrected chi connectivity index (χ1v) is 9.51. The van der Waals surface area contributed by atoms with Crippen LogP contribution in [0, 0.1) is 5.92 Å². The second-order valence-electron chi connectivity index (χ2n) is 6.99. The summed E-state index contributed by atoms with van der Waals surface area (Å²) < 4.78 is 0. The monoisotopic (exact) mass is 307 g/mol. The van der Waals surface area contributed by atoms with Crippen molar-refractivity contribution in [2.45, 2.75) is 77.5 Å². The smallest absolute Gasteiger partial charge is 0.107 e. The summed E-state index contributed by atoms with van der Waals surface area (Å²) >= 11 is 1.81. The van der Waals surface area contributed by atoms with Crippen molar-refractivity contribution in [1.82, 2.24) is 15.2 Å². The van der Waals surface area contributed by atoms with Gasteiger partial charge in [-0.15, -0.1) is 11.3 Å². The van der Waals surface area contributed by atoms with Crippen LogP contribution in [0.2, 0.25) is 0 Å². The molecule has 1 aromatic rings. The average molecular weight is 308 g/mol. The maximum atomic E-state index is 4.82. The minimum atomic E-state index is 0.530. The van der Waals surface area contributed by atoms with Crippen LogP contribution in [-0.2, 0) is 13.1 Å². The number of nitrogens with one attached hydrogen (secondary N) is 1. The molecular formula is C17H29N3S. The molecule has 1 atom stereocenters. The predicted octanol–water partition coefficient (Wildman–Crippen LogP) is 3.80. The molecule has 2 aliphatic rings. The molecule has 3 nitrogen and oxygen atoms in total. The van der Waals surface area contributed by atoms with Crippen molar-refractivity contribution < 1.29 is 0 Å². The van der Waals surface area contributed by atoms with Gasteiger partial charge in [-0.2, -0.15) is 0 Å². The SMILES string of the molecule is CC(C)NCc1nc(CN2CCCC2C2CCCC2)cs1. The Morgan fingerprint density at radius 3 is 2.86 bits per heavy atom. The normalized spacial score (nSPS) is 24.4. The van der Waals surface area contributed by atoms with Gasteiger partial charge in [0.25, 0.3) is 0 Å². The van der Waals surface area contributed by atoms with E-state index in [1.807, 2.05) is 11.3 Å². The van der Waals surface area contributed by atoms with E-state index in [2.05, 4.69) is 29.4 Å². The highest BCUT2D eigenvalue weighted by atomic mass is 32.1. The van der Waals surface area contributed by atoms with Gasteiger partial charge in [0.2, 0.25) is 0 Å². The lowest BCUT2D eigenvalue weighted by molar-refractivity contribution is 0.181. The molecule has 1 aliphatic carbocycles. The number of hydrogen-bond donors (Lipinski definition) is 1. The summed E-state index contributed by atoms with van der Waals surface area (Å²) in [6.07, 6.45) is 8.63. The standard InChI is InChI=1S/C17H29N3S/c1-13(2)18-10-17-19-15(12-21-17)11-20-9-5-8-16(20)14-6-3-4-7-14/h12-14,16,18H,3-11H2,1-2H3. The number of thiazole rings is 1. The number of aromatic nitrogens is 1. The van der Waals surface area contributed by atoms with Crippen LogP contribution in [0.5, 0.6) is 0 Å². The molecular weight excluding hydrogens is 278 g/mol. The van der Waals surface area contributed by atoms with E-state index in [0.717, 1.165) is 25.0 Å². The molecule has 1 aromatic heterocycles. The summed E-state index contributed by atoms with van der Waals surface area (Å²) in [5.41, 5.74) is 1.28. The van der Waals surface area contributed by atoms with E-state index in [0.29, 0.717) is 6.04 Å². The van der Waals surface area contributed by atoms with E-state index in [4.69, 9.17) is 4.98 Å². The van der Waals surface area contributed by atoms with Crippen LogP contribution in [-0.4, -0.2) is 28.5 Å². The lowest BCUT2D eigenvalue weighted by Gasteiger charge is -2.28. The van der Waals surface area contributed by atoms with Gasteiger partial charge in [-0.3, -0.25) is 4.90 Å². The van der Waals surface area contributed by atoms with Gasteiger partial charge in [-0.25, -0.2) is 4.98 Å². The van der Waals surface area contributed by atoms with E-state index >= 15 is 0 Å². The van der Waals surface area contributed by atoms with Crippen molar-refractivity contribution in [1.29, 1.82) is 0 Å². The molecule has 4 heteroatoms. The third-order valence-corrected chi connectivity index (χ3v) is 5.88. The highest BCUT2D eigenvalue weighted by molar-refractivity contribution is 7.09. The topological polar surface area (TPSA) is 28.2 Å². The Morgan fingerprint density at radius 1 is 1.29 bits per heavy atom. The van der Waals surface area contributed by atoms with Gasteiger partial charge in [-0.05, 0) is 38.1 Å². The van der Waals surface area contributed by atoms with E-state index in [1.54, 1.807) is 0 Å². The van der Waals surface area contributed by atoms with Crippen LogP contribution >= 0.6 is 11.3 Å². The molecule has 0 spiro atoms. The quantitative estimate of drug-likeness (QED) is 0.866. The first-order chi connectivity index (χ1) is 10.2. The fraction of sp³-hybridized carbons (Fsp3) is 0.824. The van der Waals surface area contributed by atoms with Crippen LogP contribution in [0.15, 0.2) is 5.38 Å². The Morgan fingerprint density at radius 2 is 2.10 bits per heavy atom. The van der Waals surface area contributed by atoms with Gasteiger partial charge in [0.1, 0.15) is 5.01 Å². The van der Waals surface area contributed by atoms with Gasteiger partial charge < -0.3 is 5.32 Å². The van der Waals surface area contributed by atoms with E-state index in [-0.39, 0.29) is 0 Å². The summed E-state index contributed by atoms with van der Waals surface area (Å²) in [7, 11) is 0. The second-order valence-corrected chi connectivity index (χ2v) is 7.94. The van der Waals surface area contributed by atoms with Crippen LogP contribution in [0.4, 0.5) is 0 Å². The molecule has 21 heavy (non-hydrogen) atoms. The second kappa shape index (κ2) is 7.21. The zero-order chi connectivity index (χ0) is 14.7. The molecule has 1 aliphatic heterocycles. The largest absolute Gasteiger partial charge is 0.308 e. The van der Waals surface area contributed by atoms with E-state index in [9.17, 15) is 0 Å². The molecule has 118 valence electrons. The Labute approximate surface area is 133 Å². The van der Waals surface area contributed by atoms with Gasteiger partial charge in [0.15, 0.2) is 0 Å². The Hall–Kier alpha value is -0.450. The molecule has 1 saturated heterocycles. The maximum Gasteiger partial charge on any atom is 0.107 e. The molecule has 3 rings (SSSR count). The van der Waals surface area contributed by atoms with Crippen LogP contribution in [0.25, 0.3) is 0 Å². The summed E-state index contributed by atoms with van der Waals surface area (Å²) in [6.45, 7) is 7.63. The first-order valence-electron chi connectivity index (χ1n) is 8.63. The average Bonchev–Trinajstić information content (AvgIpc) is 3.18. The molecule has 1 unspecified atom stereocenters. The highest BCUT2D eigenvalue weighted by Crippen LogP contribution is 2.36. The van der Waals surface area contributed by atoms with Gasteiger partial charge in [0.05, 0.1) is 5.69 Å². The summed E-state index contributed by atoms with van der Waals surface area (Å²) in [4.78, 5) is 7.53. The molecule has 2 heterocycles. The fourth-order valence-corrected chi connectivity index (χ4v) is 4.66. The molecule has 0 bridgehead atoms. The highest BCUT2D eigenvalue weighted by Gasteiger charge is 2.33. The van der Waals surface area contributed by atoms with Crippen molar-refractivity contribution in [3.8, 4) is 0 Å². The van der Waals surface area contributed by atoms with Crippen molar-refractivity contribution in [2.24, 2.45) is 5.92 Å². The predicted molar refractivity (Wildman–Crippen MR) is 89.5 cm³/mol. The zero-order valence-electron chi connectivity index (χ0n) is 13.5. The molecule has 2 fully saturated rings. The van der Waals surface area contributed by atoms with Crippen molar-refractivity contribution in [3.63, 3.8) is 0 Å². The summed E-state index contributed by atoms with van der Waals surface area (Å²) in [5.74, 6) is 0.966. The number of rotatable bonds is 6. The Kier molecular flexibility index (Phi) is 5.30. The van der Waals surface area contributed by atoms with E-state index in [1.165, 1.54) is 55.8 Å². The lowest BCUT2D eigenvalue weighted by atomic mass is 9.96. The van der Waals surface area contributed by atoms with Crippen LogP contribution in [0.3, 0.4) is 0 Å². The van der Waals surface area contributed by atoms with Crippen molar-refractivity contribution >= 4 is 11.3 Å². The van der Waals surface area contributed by atoms with Crippen LogP contribution < -0.4 is 5.32 Å². The van der Waals surface area contributed by atoms with Crippen molar-refractivity contribution in [2.75, 3.05) is 6.54 Å². The van der Waals surface area contributed by atoms with Gasteiger partial charge in [0, 0.05) is 30.6 Å².